The van der Waals surface area contributed by atoms with Crippen molar-refractivity contribution in [2.24, 2.45) is 0 Å². The number of anilines is 1. The monoisotopic (exact) mass is 262 g/mol. The van der Waals surface area contributed by atoms with Crippen molar-refractivity contribution in [3.8, 4) is 17.0 Å². The Bertz CT molecular complexity index is 529. The number of thiazole rings is 1. The average molecular weight is 262 g/mol. The van der Waals surface area contributed by atoms with Gasteiger partial charge in [-0.3, -0.25) is 0 Å². The van der Waals surface area contributed by atoms with E-state index < -0.39 is 0 Å². The Hall–Kier alpha value is -1.55. The van der Waals surface area contributed by atoms with Crippen LogP contribution in [0.2, 0.25) is 0 Å². The molecule has 1 aromatic heterocycles. The van der Waals surface area contributed by atoms with Gasteiger partial charge in [-0.05, 0) is 32.9 Å². The minimum atomic E-state index is 0.0313. The molecule has 0 aliphatic carbocycles. The molecule has 1 aromatic carbocycles. The molecule has 0 radical (unpaired) electrons. The number of hydrogen-bond acceptors (Lipinski definition) is 4. The van der Waals surface area contributed by atoms with Crippen LogP contribution in [0.1, 0.15) is 20.8 Å². The van der Waals surface area contributed by atoms with E-state index in [1.807, 2.05) is 24.3 Å². The Morgan fingerprint density at radius 1 is 1.28 bits per heavy atom. The van der Waals surface area contributed by atoms with Crippen molar-refractivity contribution in [2.45, 2.75) is 26.3 Å². The SMILES string of the molecule is COc1cccc(-c2csc(NC(C)(C)C)n2)c1. The molecule has 18 heavy (non-hydrogen) atoms. The summed E-state index contributed by atoms with van der Waals surface area (Å²) in [5.74, 6) is 0.853. The van der Waals surface area contributed by atoms with Gasteiger partial charge in [-0.1, -0.05) is 12.1 Å². The minimum Gasteiger partial charge on any atom is -0.497 e. The van der Waals surface area contributed by atoms with Crippen molar-refractivity contribution < 1.29 is 4.74 Å². The van der Waals surface area contributed by atoms with Crippen LogP contribution in [0, 0.1) is 0 Å². The first-order valence-corrected chi connectivity index (χ1v) is 6.74. The fourth-order valence-electron chi connectivity index (χ4n) is 1.57. The fraction of sp³-hybridized carbons (Fsp3) is 0.357. The van der Waals surface area contributed by atoms with Crippen molar-refractivity contribution in [1.82, 2.24) is 4.98 Å². The number of ether oxygens (including phenoxy) is 1. The molecule has 0 aliphatic rings. The lowest BCUT2D eigenvalue weighted by molar-refractivity contribution is 0.415. The third-order valence-corrected chi connectivity index (χ3v) is 3.11. The Morgan fingerprint density at radius 3 is 2.72 bits per heavy atom. The van der Waals surface area contributed by atoms with E-state index in [2.05, 4.69) is 36.5 Å². The number of hydrogen-bond donors (Lipinski definition) is 1. The second-order valence-electron chi connectivity index (χ2n) is 5.14. The second-order valence-corrected chi connectivity index (χ2v) is 6.00. The molecule has 0 aliphatic heterocycles. The molecule has 2 aromatic rings. The molecule has 0 amide bonds. The molecule has 0 saturated heterocycles. The van der Waals surface area contributed by atoms with Crippen LogP contribution in [-0.2, 0) is 0 Å². The predicted octanol–water partition coefficient (Wildman–Crippen LogP) is 4.03. The predicted molar refractivity (Wildman–Crippen MR) is 77.5 cm³/mol. The number of nitrogens with zero attached hydrogens (tertiary/aromatic N) is 1. The molecule has 96 valence electrons. The Labute approximate surface area is 112 Å². The van der Waals surface area contributed by atoms with Gasteiger partial charge in [0, 0.05) is 16.5 Å². The van der Waals surface area contributed by atoms with E-state index in [1.54, 1.807) is 18.4 Å². The van der Waals surface area contributed by atoms with Crippen molar-refractivity contribution in [2.75, 3.05) is 12.4 Å². The molecule has 2 rings (SSSR count). The van der Waals surface area contributed by atoms with Gasteiger partial charge in [0.2, 0.25) is 0 Å². The van der Waals surface area contributed by atoms with Crippen LogP contribution in [0.5, 0.6) is 5.75 Å². The number of rotatable bonds is 3. The highest BCUT2D eigenvalue weighted by Gasteiger charge is 2.12. The number of nitrogens with one attached hydrogen (secondary N) is 1. The number of benzene rings is 1. The molecule has 0 fully saturated rings. The summed E-state index contributed by atoms with van der Waals surface area (Å²) in [6.07, 6.45) is 0. The van der Waals surface area contributed by atoms with Crippen LogP contribution in [-0.4, -0.2) is 17.6 Å². The Kier molecular flexibility index (Phi) is 3.57. The summed E-state index contributed by atoms with van der Waals surface area (Å²) in [5.41, 5.74) is 2.09. The average Bonchev–Trinajstić information content (AvgIpc) is 2.75. The van der Waals surface area contributed by atoms with Crippen LogP contribution in [0.4, 0.5) is 5.13 Å². The molecule has 1 N–H and O–H groups in total. The molecule has 0 spiro atoms. The van der Waals surface area contributed by atoms with Gasteiger partial charge in [0.05, 0.1) is 12.8 Å². The van der Waals surface area contributed by atoms with Crippen LogP contribution in [0.3, 0.4) is 0 Å². The molecule has 0 bridgehead atoms. The first kappa shape index (κ1) is 12.9. The first-order valence-electron chi connectivity index (χ1n) is 5.86. The second kappa shape index (κ2) is 4.98. The lowest BCUT2D eigenvalue weighted by atomic mass is 10.1. The van der Waals surface area contributed by atoms with E-state index in [9.17, 15) is 0 Å². The topological polar surface area (TPSA) is 34.1 Å². The molecule has 1 heterocycles. The smallest absolute Gasteiger partial charge is 0.183 e. The molecular formula is C14H18N2OS. The maximum absolute atomic E-state index is 5.22. The maximum Gasteiger partial charge on any atom is 0.183 e. The van der Waals surface area contributed by atoms with Gasteiger partial charge in [-0.15, -0.1) is 11.3 Å². The molecule has 0 unspecified atom stereocenters. The zero-order valence-corrected chi connectivity index (χ0v) is 12.0. The van der Waals surface area contributed by atoms with Gasteiger partial charge >= 0.3 is 0 Å². The normalized spacial score (nSPS) is 11.3. The Balaban J connectivity index is 2.23. The molecular weight excluding hydrogens is 244 g/mol. The van der Waals surface area contributed by atoms with Crippen molar-refractivity contribution >= 4 is 16.5 Å². The molecule has 0 saturated carbocycles. The largest absolute Gasteiger partial charge is 0.497 e. The van der Waals surface area contributed by atoms with Crippen LogP contribution < -0.4 is 10.1 Å². The van der Waals surface area contributed by atoms with E-state index in [0.29, 0.717) is 0 Å². The van der Waals surface area contributed by atoms with E-state index >= 15 is 0 Å². The standard InChI is InChI=1S/C14H18N2OS/c1-14(2,3)16-13-15-12(9-18-13)10-6-5-7-11(8-10)17-4/h5-9H,1-4H3,(H,15,16). The summed E-state index contributed by atoms with van der Waals surface area (Å²) >= 11 is 1.62. The van der Waals surface area contributed by atoms with Gasteiger partial charge in [0.15, 0.2) is 5.13 Å². The lowest BCUT2D eigenvalue weighted by Gasteiger charge is -2.19. The molecule has 4 heteroatoms. The third kappa shape index (κ3) is 3.23. The van der Waals surface area contributed by atoms with E-state index in [-0.39, 0.29) is 5.54 Å². The van der Waals surface area contributed by atoms with Crippen LogP contribution >= 0.6 is 11.3 Å². The summed E-state index contributed by atoms with van der Waals surface area (Å²) in [6.45, 7) is 6.37. The quantitative estimate of drug-likeness (QED) is 0.906. The van der Waals surface area contributed by atoms with E-state index in [1.165, 1.54) is 0 Å². The third-order valence-electron chi connectivity index (χ3n) is 2.35. The highest BCUT2D eigenvalue weighted by Crippen LogP contribution is 2.28. The van der Waals surface area contributed by atoms with Crippen LogP contribution in [0.15, 0.2) is 29.6 Å². The zero-order valence-electron chi connectivity index (χ0n) is 11.2. The summed E-state index contributed by atoms with van der Waals surface area (Å²) in [6, 6.07) is 7.95. The van der Waals surface area contributed by atoms with E-state index in [0.717, 1.165) is 22.1 Å². The number of aromatic nitrogens is 1. The minimum absolute atomic E-state index is 0.0313. The van der Waals surface area contributed by atoms with Gasteiger partial charge in [0.1, 0.15) is 5.75 Å². The summed E-state index contributed by atoms with van der Waals surface area (Å²) in [5, 5.41) is 6.38. The van der Waals surface area contributed by atoms with Gasteiger partial charge in [-0.2, -0.15) is 0 Å². The molecule has 0 atom stereocenters. The summed E-state index contributed by atoms with van der Waals surface area (Å²) in [4.78, 5) is 4.59. The number of methoxy groups -OCH3 is 1. The van der Waals surface area contributed by atoms with Crippen LogP contribution in [0.25, 0.3) is 11.3 Å². The van der Waals surface area contributed by atoms with Gasteiger partial charge < -0.3 is 10.1 Å². The Morgan fingerprint density at radius 2 is 2.06 bits per heavy atom. The highest BCUT2D eigenvalue weighted by molar-refractivity contribution is 7.14. The van der Waals surface area contributed by atoms with Crippen molar-refractivity contribution in [3.63, 3.8) is 0 Å². The fourth-order valence-corrected chi connectivity index (χ4v) is 2.50. The molecule has 3 nitrogen and oxygen atoms in total. The first-order chi connectivity index (χ1) is 8.48. The lowest BCUT2D eigenvalue weighted by Crippen LogP contribution is -2.25. The summed E-state index contributed by atoms with van der Waals surface area (Å²) < 4.78 is 5.22. The highest BCUT2D eigenvalue weighted by atomic mass is 32.1. The van der Waals surface area contributed by atoms with Crippen molar-refractivity contribution in [3.05, 3.63) is 29.6 Å². The zero-order chi connectivity index (χ0) is 13.2. The summed E-state index contributed by atoms with van der Waals surface area (Å²) in [7, 11) is 1.67. The van der Waals surface area contributed by atoms with E-state index in [4.69, 9.17) is 4.74 Å². The van der Waals surface area contributed by atoms with Crippen molar-refractivity contribution in [1.29, 1.82) is 0 Å². The van der Waals surface area contributed by atoms with Gasteiger partial charge in [0.25, 0.3) is 0 Å². The maximum atomic E-state index is 5.22. The van der Waals surface area contributed by atoms with Gasteiger partial charge in [-0.25, -0.2) is 4.98 Å².